The zero-order valence-corrected chi connectivity index (χ0v) is 20.4. The van der Waals surface area contributed by atoms with Gasteiger partial charge in [0.1, 0.15) is 5.69 Å². The van der Waals surface area contributed by atoms with Crippen LogP contribution in [0, 0.1) is 17.8 Å². The Morgan fingerprint density at radius 2 is 1.71 bits per heavy atom. The predicted molar refractivity (Wildman–Crippen MR) is 133 cm³/mol. The number of rotatable bonds is 6. The SMILES string of the molecule is CC(C)n1nccc1C(=O)N[C@H]1[C@@H]2CC[C@@H](C2)[C@H]1C(=O)Nc1cccc(NC(=O)N2CCCC2)c1. The first-order valence-corrected chi connectivity index (χ1v) is 12.7. The molecule has 35 heavy (non-hydrogen) atoms. The lowest BCUT2D eigenvalue weighted by Gasteiger charge is -2.31. The van der Waals surface area contributed by atoms with Crippen LogP contribution in [0.25, 0.3) is 0 Å². The van der Waals surface area contributed by atoms with Crippen LogP contribution in [0.4, 0.5) is 16.2 Å². The van der Waals surface area contributed by atoms with Gasteiger partial charge >= 0.3 is 6.03 Å². The molecule has 9 heteroatoms. The molecule has 2 bridgehead atoms. The molecule has 4 atom stereocenters. The van der Waals surface area contributed by atoms with E-state index in [1.54, 1.807) is 27.9 Å². The van der Waals surface area contributed by atoms with Crippen molar-refractivity contribution in [2.75, 3.05) is 23.7 Å². The standard InChI is InChI=1S/C26H34N6O3/c1-16(2)32-21(10-11-27-32)24(33)30-23-18-9-8-17(14-18)22(23)25(34)28-19-6-5-7-20(15-19)29-26(35)31-12-3-4-13-31/h5-7,10-11,15-18,22-23H,3-4,8-9,12-14H2,1-2H3,(H,28,34)(H,29,35)(H,30,33)/t17-,18+,22+,23-/m0/s1. The molecule has 9 nitrogen and oxygen atoms in total. The molecular formula is C26H34N6O3. The maximum absolute atomic E-state index is 13.4. The lowest BCUT2D eigenvalue weighted by atomic mass is 9.83. The number of nitrogens with one attached hydrogen (secondary N) is 3. The van der Waals surface area contributed by atoms with Crippen molar-refractivity contribution in [2.24, 2.45) is 17.8 Å². The summed E-state index contributed by atoms with van der Waals surface area (Å²) in [5.41, 5.74) is 1.81. The number of benzene rings is 1. The molecule has 5 rings (SSSR count). The molecule has 4 amide bonds. The predicted octanol–water partition coefficient (Wildman–Crippen LogP) is 3.87. The van der Waals surface area contributed by atoms with E-state index in [-0.39, 0.29) is 41.8 Å². The van der Waals surface area contributed by atoms with E-state index in [0.717, 1.165) is 45.2 Å². The third-order valence-electron chi connectivity index (χ3n) is 7.68. The Morgan fingerprint density at radius 3 is 2.46 bits per heavy atom. The highest BCUT2D eigenvalue weighted by atomic mass is 16.2. The summed E-state index contributed by atoms with van der Waals surface area (Å²) >= 11 is 0. The van der Waals surface area contributed by atoms with E-state index >= 15 is 0 Å². The minimum absolute atomic E-state index is 0.0723. The second-order valence-electron chi connectivity index (χ2n) is 10.3. The summed E-state index contributed by atoms with van der Waals surface area (Å²) < 4.78 is 1.71. The molecule has 0 unspecified atom stereocenters. The highest BCUT2D eigenvalue weighted by Crippen LogP contribution is 2.49. The molecule has 1 aliphatic heterocycles. The van der Waals surface area contributed by atoms with Gasteiger partial charge in [0.2, 0.25) is 5.91 Å². The number of hydrogen-bond donors (Lipinski definition) is 3. The Bertz CT molecular complexity index is 1110. The van der Waals surface area contributed by atoms with Crippen molar-refractivity contribution < 1.29 is 14.4 Å². The van der Waals surface area contributed by atoms with E-state index in [0.29, 0.717) is 23.0 Å². The third-order valence-corrected chi connectivity index (χ3v) is 7.68. The quantitative estimate of drug-likeness (QED) is 0.586. The van der Waals surface area contributed by atoms with Crippen LogP contribution in [0.1, 0.15) is 62.5 Å². The normalized spacial score (nSPS) is 25.2. The third kappa shape index (κ3) is 4.76. The molecule has 186 valence electrons. The molecule has 0 radical (unpaired) electrons. The highest BCUT2D eigenvalue weighted by Gasteiger charge is 2.51. The first-order valence-electron chi connectivity index (χ1n) is 12.7. The van der Waals surface area contributed by atoms with Crippen LogP contribution in [0.15, 0.2) is 36.5 Å². The summed E-state index contributed by atoms with van der Waals surface area (Å²) in [4.78, 5) is 40.8. The summed E-state index contributed by atoms with van der Waals surface area (Å²) in [6.07, 6.45) is 6.69. The molecule has 1 saturated heterocycles. The number of carbonyl (C=O) groups is 3. The number of hydrogen-bond acceptors (Lipinski definition) is 4. The van der Waals surface area contributed by atoms with Gasteiger partial charge in [-0.1, -0.05) is 6.07 Å². The average Bonchev–Trinajstić information content (AvgIpc) is 3.63. The first kappa shape index (κ1) is 23.4. The number of amides is 4. The van der Waals surface area contributed by atoms with E-state index in [4.69, 9.17) is 0 Å². The number of fused-ring (bicyclic) bond motifs is 2. The van der Waals surface area contributed by atoms with Crippen molar-refractivity contribution in [1.82, 2.24) is 20.0 Å². The largest absolute Gasteiger partial charge is 0.347 e. The maximum atomic E-state index is 13.4. The van der Waals surface area contributed by atoms with E-state index in [2.05, 4.69) is 21.0 Å². The van der Waals surface area contributed by atoms with Crippen LogP contribution in [0.2, 0.25) is 0 Å². The number of likely N-dealkylation sites (tertiary alicyclic amines) is 1. The minimum Gasteiger partial charge on any atom is -0.347 e. The van der Waals surface area contributed by atoms with Crippen LogP contribution in [-0.4, -0.2) is 51.7 Å². The van der Waals surface area contributed by atoms with Gasteiger partial charge in [0.15, 0.2) is 0 Å². The van der Waals surface area contributed by atoms with Crippen LogP contribution in [0.5, 0.6) is 0 Å². The Morgan fingerprint density at radius 1 is 1.00 bits per heavy atom. The molecule has 3 aliphatic rings. The van der Waals surface area contributed by atoms with Gasteiger partial charge in [0, 0.05) is 42.7 Å². The summed E-state index contributed by atoms with van der Waals surface area (Å²) in [5.74, 6) is 0.0246. The summed E-state index contributed by atoms with van der Waals surface area (Å²) in [5, 5.41) is 13.4. The lowest BCUT2D eigenvalue weighted by molar-refractivity contribution is -0.122. The lowest BCUT2D eigenvalue weighted by Crippen LogP contribution is -2.48. The summed E-state index contributed by atoms with van der Waals surface area (Å²) in [6.45, 7) is 5.52. The fourth-order valence-electron chi connectivity index (χ4n) is 6.03. The molecule has 2 aliphatic carbocycles. The monoisotopic (exact) mass is 478 g/mol. The van der Waals surface area contributed by atoms with Gasteiger partial charge in [-0.25, -0.2) is 4.79 Å². The van der Waals surface area contributed by atoms with Crippen LogP contribution in [0.3, 0.4) is 0 Å². The summed E-state index contributed by atoms with van der Waals surface area (Å²) in [7, 11) is 0. The van der Waals surface area contributed by atoms with Crippen molar-refractivity contribution >= 4 is 29.2 Å². The molecule has 3 N–H and O–H groups in total. The average molecular weight is 479 g/mol. The summed E-state index contributed by atoms with van der Waals surface area (Å²) in [6, 6.07) is 8.74. The highest BCUT2D eigenvalue weighted by molar-refractivity contribution is 5.97. The van der Waals surface area contributed by atoms with Gasteiger partial charge in [0.05, 0.1) is 5.92 Å². The van der Waals surface area contributed by atoms with Crippen LogP contribution in [-0.2, 0) is 4.79 Å². The second kappa shape index (κ2) is 9.71. The van der Waals surface area contributed by atoms with Crippen molar-refractivity contribution in [2.45, 2.75) is 58.0 Å². The van der Waals surface area contributed by atoms with Crippen LogP contribution >= 0.6 is 0 Å². The molecule has 2 aromatic rings. The van der Waals surface area contributed by atoms with Gasteiger partial charge in [-0.2, -0.15) is 5.10 Å². The van der Waals surface area contributed by atoms with Crippen molar-refractivity contribution in [3.8, 4) is 0 Å². The zero-order chi connectivity index (χ0) is 24.5. The number of aromatic nitrogens is 2. The molecule has 3 fully saturated rings. The fourth-order valence-corrected chi connectivity index (χ4v) is 6.03. The number of nitrogens with zero attached hydrogens (tertiary/aromatic N) is 3. The van der Waals surface area contributed by atoms with Crippen LogP contribution < -0.4 is 16.0 Å². The maximum Gasteiger partial charge on any atom is 0.321 e. The Hall–Kier alpha value is -3.36. The molecule has 0 spiro atoms. The van der Waals surface area contributed by atoms with E-state index in [1.165, 1.54) is 0 Å². The van der Waals surface area contributed by atoms with Crippen molar-refractivity contribution in [3.63, 3.8) is 0 Å². The van der Waals surface area contributed by atoms with Gasteiger partial charge in [-0.3, -0.25) is 14.3 Å². The second-order valence-corrected chi connectivity index (χ2v) is 10.3. The minimum atomic E-state index is -0.282. The molecule has 2 heterocycles. The number of urea groups is 1. The Kier molecular flexibility index (Phi) is 6.49. The van der Waals surface area contributed by atoms with Crippen molar-refractivity contribution in [1.29, 1.82) is 0 Å². The van der Waals surface area contributed by atoms with E-state index in [1.807, 2.05) is 32.0 Å². The molecule has 1 aromatic heterocycles. The van der Waals surface area contributed by atoms with Crippen molar-refractivity contribution in [3.05, 3.63) is 42.2 Å². The molecule has 2 saturated carbocycles. The Balaban J connectivity index is 1.26. The fraction of sp³-hybridized carbons (Fsp3) is 0.538. The Labute approximate surface area is 205 Å². The topological polar surface area (TPSA) is 108 Å². The smallest absolute Gasteiger partial charge is 0.321 e. The van der Waals surface area contributed by atoms with Gasteiger partial charge in [0.25, 0.3) is 5.91 Å². The number of carbonyl (C=O) groups excluding carboxylic acids is 3. The van der Waals surface area contributed by atoms with Gasteiger partial charge in [-0.15, -0.1) is 0 Å². The number of anilines is 2. The zero-order valence-electron chi connectivity index (χ0n) is 20.4. The molecule has 1 aromatic carbocycles. The van der Waals surface area contributed by atoms with Gasteiger partial charge in [-0.05, 0) is 82.1 Å². The van der Waals surface area contributed by atoms with Gasteiger partial charge < -0.3 is 20.9 Å². The first-order chi connectivity index (χ1) is 16.9. The van der Waals surface area contributed by atoms with E-state index in [9.17, 15) is 14.4 Å². The van der Waals surface area contributed by atoms with E-state index < -0.39 is 0 Å². The molecular weight excluding hydrogens is 444 g/mol.